The molecule has 0 amide bonds. The van der Waals surface area contributed by atoms with E-state index in [0.717, 1.165) is 35.2 Å². The molecule has 0 unspecified atom stereocenters. The summed E-state index contributed by atoms with van der Waals surface area (Å²) < 4.78 is 0. The molecule has 4 nitrogen and oxygen atoms in total. The van der Waals surface area contributed by atoms with Gasteiger partial charge in [0.05, 0.1) is 5.69 Å². The van der Waals surface area contributed by atoms with Crippen LogP contribution in [0.3, 0.4) is 0 Å². The van der Waals surface area contributed by atoms with Gasteiger partial charge < -0.3 is 0 Å². The van der Waals surface area contributed by atoms with Crippen molar-refractivity contribution in [3.05, 3.63) is 84.1 Å². The molecule has 0 bridgehead atoms. The minimum atomic E-state index is 0.235. The van der Waals surface area contributed by atoms with Crippen LogP contribution in [0.1, 0.15) is 70.6 Å². The van der Waals surface area contributed by atoms with Crippen molar-refractivity contribution in [3.63, 3.8) is 0 Å². The van der Waals surface area contributed by atoms with Gasteiger partial charge in [-0.3, -0.25) is 4.98 Å². The molecule has 0 radical (unpaired) electrons. The molecule has 1 aliphatic heterocycles. The fraction of sp³-hybridized carbons (Fsp3) is 0.278. The zero-order valence-corrected chi connectivity index (χ0v) is 25.3. The summed E-state index contributed by atoms with van der Waals surface area (Å²) in [7, 11) is 0. The zero-order chi connectivity index (χ0) is 28.4. The molecule has 4 aromatic carbocycles. The summed E-state index contributed by atoms with van der Waals surface area (Å²) in [5, 5.41) is 7.52. The van der Waals surface area contributed by atoms with E-state index >= 15 is 0 Å². The van der Waals surface area contributed by atoms with Gasteiger partial charge in [0.2, 0.25) is 0 Å². The van der Waals surface area contributed by atoms with E-state index < -0.39 is 0 Å². The van der Waals surface area contributed by atoms with Crippen molar-refractivity contribution < 1.29 is 0 Å². The van der Waals surface area contributed by atoms with Gasteiger partial charge in [-0.05, 0) is 69.1 Å². The van der Waals surface area contributed by atoms with Crippen molar-refractivity contribution in [1.82, 2.24) is 19.9 Å². The smallest absolute Gasteiger partial charge is 0.163 e. The van der Waals surface area contributed by atoms with Gasteiger partial charge in [0.15, 0.2) is 5.82 Å². The van der Waals surface area contributed by atoms with Gasteiger partial charge in [0.1, 0.15) is 11.6 Å². The topological polar surface area (TPSA) is 51.6 Å². The van der Waals surface area contributed by atoms with Gasteiger partial charge in [-0.25, -0.2) is 15.0 Å². The van der Waals surface area contributed by atoms with E-state index in [4.69, 9.17) is 19.9 Å². The molecule has 0 N–H and O–H groups in total. The van der Waals surface area contributed by atoms with Crippen LogP contribution in [0.5, 0.6) is 0 Å². The fourth-order valence-electron chi connectivity index (χ4n) is 5.96. The molecule has 5 heteroatoms. The number of hydrogen-bond acceptors (Lipinski definition) is 5. The maximum atomic E-state index is 5.01. The highest BCUT2D eigenvalue weighted by Gasteiger charge is 2.26. The van der Waals surface area contributed by atoms with Crippen LogP contribution >= 0.6 is 11.8 Å². The molecule has 0 spiro atoms. The number of aromatic nitrogens is 4. The molecule has 0 aliphatic carbocycles. The molecule has 0 saturated heterocycles. The number of pyridine rings is 1. The lowest BCUT2D eigenvalue weighted by Crippen LogP contribution is -2.08. The third kappa shape index (κ3) is 4.38. The highest BCUT2D eigenvalue weighted by atomic mass is 32.2. The summed E-state index contributed by atoms with van der Waals surface area (Å²) in [5.74, 6) is 3.47. The molecule has 2 aromatic heterocycles. The Hall–Kier alpha value is -3.83. The standard InChI is InChI=1S/C36H34N4S/c1-19(2)15-28-25-10-8-7-9-22(25)16-29-32-31-26(13-14-37-32)27-17-24(12-11-23(27)18-30(31)41-33(28)29)36-39-34(20(3)4)38-35(40-36)21(5)6/h7-14,16-21H,15H2,1-6H3. The minimum absolute atomic E-state index is 0.235. The highest BCUT2D eigenvalue weighted by Crippen LogP contribution is 2.52. The van der Waals surface area contributed by atoms with Crippen LogP contribution in [0.4, 0.5) is 0 Å². The fourth-order valence-corrected chi connectivity index (χ4v) is 7.26. The predicted octanol–water partition coefficient (Wildman–Crippen LogP) is 9.97. The third-order valence-electron chi connectivity index (χ3n) is 7.97. The minimum Gasteiger partial charge on any atom is -0.256 e. The third-order valence-corrected chi connectivity index (χ3v) is 9.18. The van der Waals surface area contributed by atoms with Gasteiger partial charge in [-0.1, -0.05) is 89.7 Å². The number of rotatable bonds is 5. The first-order valence-electron chi connectivity index (χ1n) is 14.6. The number of nitrogens with zero attached hydrogens (tertiary/aromatic N) is 4. The second-order valence-electron chi connectivity index (χ2n) is 12.2. The number of fused-ring (bicyclic) bond motifs is 5. The van der Waals surface area contributed by atoms with Gasteiger partial charge in [-0.15, -0.1) is 0 Å². The van der Waals surface area contributed by atoms with E-state index in [1.165, 1.54) is 53.2 Å². The molecule has 6 aromatic rings. The summed E-state index contributed by atoms with van der Waals surface area (Å²) >= 11 is 1.91. The van der Waals surface area contributed by atoms with Crippen molar-refractivity contribution in [2.24, 2.45) is 5.92 Å². The van der Waals surface area contributed by atoms with E-state index in [1.54, 1.807) is 0 Å². The summed E-state index contributed by atoms with van der Waals surface area (Å²) in [4.78, 5) is 22.2. The van der Waals surface area contributed by atoms with Crippen molar-refractivity contribution in [1.29, 1.82) is 0 Å². The van der Waals surface area contributed by atoms with Gasteiger partial charge in [0.25, 0.3) is 0 Å². The summed E-state index contributed by atoms with van der Waals surface area (Å²) in [6.45, 7) is 13.2. The quantitative estimate of drug-likeness (QED) is 0.198. The normalized spacial score (nSPS) is 12.8. The zero-order valence-electron chi connectivity index (χ0n) is 24.5. The lowest BCUT2D eigenvalue weighted by atomic mass is 9.91. The van der Waals surface area contributed by atoms with Crippen molar-refractivity contribution in [3.8, 4) is 22.6 Å². The Balaban J connectivity index is 1.47. The number of hydrogen-bond donors (Lipinski definition) is 0. The Morgan fingerprint density at radius 3 is 2.17 bits per heavy atom. The Kier molecular flexibility index (Phi) is 6.31. The summed E-state index contributed by atoms with van der Waals surface area (Å²) in [6, 6.07) is 22.3. The molecular weight excluding hydrogens is 520 g/mol. The molecule has 1 aliphatic rings. The highest BCUT2D eigenvalue weighted by molar-refractivity contribution is 8.00. The molecule has 0 fully saturated rings. The van der Waals surface area contributed by atoms with Gasteiger partial charge >= 0.3 is 0 Å². The van der Waals surface area contributed by atoms with Crippen LogP contribution in [-0.2, 0) is 6.42 Å². The second-order valence-corrected chi connectivity index (χ2v) is 13.3. The molecular formula is C36H34N4S. The van der Waals surface area contributed by atoms with Crippen LogP contribution in [-0.4, -0.2) is 19.9 Å². The van der Waals surface area contributed by atoms with Crippen molar-refractivity contribution in [2.75, 3.05) is 0 Å². The van der Waals surface area contributed by atoms with Crippen LogP contribution in [0.15, 0.2) is 76.7 Å². The van der Waals surface area contributed by atoms with E-state index in [-0.39, 0.29) is 11.8 Å². The molecule has 0 saturated carbocycles. The van der Waals surface area contributed by atoms with Crippen molar-refractivity contribution in [2.45, 2.75) is 69.6 Å². The predicted molar refractivity (Wildman–Crippen MR) is 172 cm³/mol. The van der Waals surface area contributed by atoms with Gasteiger partial charge in [-0.2, -0.15) is 0 Å². The Morgan fingerprint density at radius 2 is 1.44 bits per heavy atom. The van der Waals surface area contributed by atoms with Crippen LogP contribution in [0, 0.1) is 5.92 Å². The molecule has 0 atom stereocenters. The maximum absolute atomic E-state index is 5.01. The molecule has 204 valence electrons. The van der Waals surface area contributed by atoms with Crippen molar-refractivity contribution >= 4 is 44.1 Å². The van der Waals surface area contributed by atoms with Crippen LogP contribution < -0.4 is 0 Å². The average Bonchev–Trinajstić information content (AvgIpc) is 2.97. The Morgan fingerprint density at radius 1 is 0.707 bits per heavy atom. The number of benzene rings is 4. The largest absolute Gasteiger partial charge is 0.256 e. The first-order chi connectivity index (χ1) is 19.8. The van der Waals surface area contributed by atoms with E-state index in [0.29, 0.717) is 5.92 Å². The molecule has 41 heavy (non-hydrogen) atoms. The van der Waals surface area contributed by atoms with Gasteiger partial charge in [0, 0.05) is 44.3 Å². The van der Waals surface area contributed by atoms with E-state index in [9.17, 15) is 0 Å². The Bertz CT molecular complexity index is 1960. The van der Waals surface area contributed by atoms with Crippen LogP contribution in [0.25, 0.3) is 55.0 Å². The maximum Gasteiger partial charge on any atom is 0.163 e. The lowest BCUT2D eigenvalue weighted by Gasteiger charge is -2.25. The van der Waals surface area contributed by atoms with Crippen LogP contribution in [0.2, 0.25) is 0 Å². The average molecular weight is 555 g/mol. The first-order valence-corrected chi connectivity index (χ1v) is 15.4. The van der Waals surface area contributed by atoms with E-state index in [2.05, 4.69) is 102 Å². The summed E-state index contributed by atoms with van der Waals surface area (Å²) in [6.07, 6.45) is 3.02. The molecule has 7 rings (SSSR count). The summed E-state index contributed by atoms with van der Waals surface area (Å²) in [5.41, 5.74) is 4.79. The Labute approximate surface area is 245 Å². The SMILES string of the molecule is CC(C)Cc1c2c(cc3ccccc13)-c1nccc3c1c(cc1ccc(-c4nc(C(C)C)nc(C(C)C)n4)cc13)S2. The second kappa shape index (κ2) is 9.92. The first kappa shape index (κ1) is 26.1. The van der Waals surface area contributed by atoms with E-state index in [1.807, 2.05) is 18.0 Å². The monoisotopic (exact) mass is 554 g/mol. The molecule has 3 heterocycles. The lowest BCUT2D eigenvalue weighted by molar-refractivity contribution is 0.644.